The first kappa shape index (κ1) is 27.2. The molecule has 0 fully saturated rings. The number of pyridine rings is 1. The topological polar surface area (TPSA) is 38.7 Å². The highest BCUT2D eigenvalue weighted by Crippen LogP contribution is 2.32. The Bertz CT molecular complexity index is 2370. The molecule has 1 aliphatic rings. The third-order valence-electron chi connectivity index (χ3n) is 8.22. The lowest BCUT2D eigenvalue weighted by Crippen LogP contribution is -1.96. The minimum Gasteiger partial charge on any atom is -0.264 e. The Morgan fingerprint density at radius 2 is 1.11 bits per heavy atom. The van der Waals surface area contributed by atoms with Gasteiger partial charge in [0.1, 0.15) is 0 Å². The summed E-state index contributed by atoms with van der Waals surface area (Å²) in [5.74, 6) is 0.675. The van der Waals surface area contributed by atoms with Crippen LogP contribution in [0.25, 0.3) is 72.5 Å². The molecule has 8 rings (SSSR count). The summed E-state index contributed by atoms with van der Waals surface area (Å²) < 4.78 is 0. The summed E-state index contributed by atoms with van der Waals surface area (Å²) in [6, 6.07) is 46.5. The molecule has 5 aromatic carbocycles. The molecule has 2 heterocycles. The third kappa shape index (κ3) is 5.52. The fourth-order valence-corrected chi connectivity index (χ4v) is 5.81. The van der Waals surface area contributed by atoms with Gasteiger partial charge in [0.15, 0.2) is 5.82 Å². The summed E-state index contributed by atoms with van der Waals surface area (Å²) in [5, 5.41) is 2.46. The van der Waals surface area contributed by atoms with Crippen LogP contribution in [0.4, 0.5) is 0 Å². The van der Waals surface area contributed by atoms with E-state index < -0.39 is 0 Å². The molecular weight excluding hydrogens is 558 g/mol. The molecule has 0 spiro atoms. The molecule has 0 saturated carbocycles. The van der Waals surface area contributed by atoms with Gasteiger partial charge < -0.3 is 0 Å². The summed E-state index contributed by atoms with van der Waals surface area (Å²) >= 11 is 0. The van der Waals surface area contributed by atoms with Crippen LogP contribution in [0.5, 0.6) is 0 Å². The Kier molecular flexibility index (Phi) is 7.07. The van der Waals surface area contributed by atoms with Crippen molar-refractivity contribution in [1.82, 2.24) is 15.0 Å². The van der Waals surface area contributed by atoms with E-state index in [2.05, 4.69) is 144 Å². The highest BCUT2D eigenvalue weighted by atomic mass is 14.9. The van der Waals surface area contributed by atoms with Gasteiger partial charge in [0, 0.05) is 40.2 Å². The van der Waals surface area contributed by atoms with Gasteiger partial charge in [-0.15, -0.1) is 0 Å². The van der Waals surface area contributed by atoms with E-state index in [1.165, 1.54) is 16.3 Å². The van der Waals surface area contributed by atoms with E-state index in [0.717, 1.165) is 55.9 Å². The zero-order chi connectivity index (χ0) is 30.7. The van der Waals surface area contributed by atoms with Gasteiger partial charge >= 0.3 is 0 Å². The van der Waals surface area contributed by atoms with E-state index in [1.54, 1.807) is 6.20 Å². The molecule has 2 aromatic heterocycles. The zero-order valence-electron chi connectivity index (χ0n) is 24.9. The number of fused-ring (bicyclic) bond motifs is 1. The van der Waals surface area contributed by atoms with Crippen molar-refractivity contribution >= 4 is 16.3 Å². The molecule has 0 unspecified atom stereocenters. The van der Waals surface area contributed by atoms with Gasteiger partial charge in [0.2, 0.25) is 0 Å². The molecule has 7 aromatic rings. The number of aromatic nitrogens is 3. The Morgan fingerprint density at radius 3 is 1.85 bits per heavy atom. The molecular formula is C43H27N3. The van der Waals surface area contributed by atoms with Crippen LogP contribution >= 0.6 is 0 Å². The first-order valence-corrected chi connectivity index (χ1v) is 15.3. The molecule has 3 nitrogen and oxygen atoms in total. The van der Waals surface area contributed by atoms with Crippen LogP contribution in [0.2, 0.25) is 0 Å². The highest BCUT2D eigenvalue weighted by molar-refractivity contribution is 5.87. The SMILES string of the molecule is C1=C=C(c2cccc(-c3cc(-c4cccc(-c5cccnc5)c4)nc(-c4ccc(-c5ccc6ccccc6c5)cc4)n3)c2)C=CC=1. The van der Waals surface area contributed by atoms with Gasteiger partial charge in [-0.2, -0.15) is 0 Å². The first-order chi connectivity index (χ1) is 22.8. The van der Waals surface area contributed by atoms with Crippen molar-refractivity contribution in [3.63, 3.8) is 0 Å². The molecule has 0 saturated heterocycles. The maximum absolute atomic E-state index is 5.12. The molecule has 0 bridgehead atoms. The van der Waals surface area contributed by atoms with E-state index in [0.29, 0.717) is 5.82 Å². The number of rotatable bonds is 6. The molecule has 1 aliphatic carbocycles. The van der Waals surface area contributed by atoms with Crippen LogP contribution in [0.3, 0.4) is 0 Å². The third-order valence-corrected chi connectivity index (χ3v) is 8.22. The first-order valence-electron chi connectivity index (χ1n) is 15.3. The van der Waals surface area contributed by atoms with Crippen LogP contribution in [-0.2, 0) is 0 Å². The largest absolute Gasteiger partial charge is 0.264 e. The maximum atomic E-state index is 5.12. The van der Waals surface area contributed by atoms with Crippen molar-refractivity contribution < 1.29 is 0 Å². The minimum absolute atomic E-state index is 0.675. The van der Waals surface area contributed by atoms with Gasteiger partial charge in [-0.05, 0) is 75.5 Å². The summed E-state index contributed by atoms with van der Waals surface area (Å²) in [6.07, 6.45) is 9.57. The fraction of sp³-hybridized carbons (Fsp3) is 0. The van der Waals surface area contributed by atoms with Crippen LogP contribution in [-0.4, -0.2) is 15.0 Å². The number of nitrogens with zero attached hydrogens (tertiary/aromatic N) is 3. The number of allylic oxidation sites excluding steroid dienone is 4. The second-order valence-corrected chi connectivity index (χ2v) is 11.2. The van der Waals surface area contributed by atoms with E-state index in [9.17, 15) is 0 Å². The van der Waals surface area contributed by atoms with Crippen molar-refractivity contribution in [3.8, 4) is 56.2 Å². The number of hydrogen-bond donors (Lipinski definition) is 0. The predicted octanol–water partition coefficient (Wildman–Crippen LogP) is 10.6. The Morgan fingerprint density at radius 1 is 0.457 bits per heavy atom. The molecule has 214 valence electrons. The van der Waals surface area contributed by atoms with E-state index >= 15 is 0 Å². The van der Waals surface area contributed by atoms with Crippen molar-refractivity contribution in [2.75, 3.05) is 0 Å². The van der Waals surface area contributed by atoms with Gasteiger partial charge in [-0.3, -0.25) is 4.98 Å². The molecule has 0 amide bonds. The zero-order valence-corrected chi connectivity index (χ0v) is 24.9. The maximum Gasteiger partial charge on any atom is 0.160 e. The molecule has 0 aliphatic heterocycles. The smallest absolute Gasteiger partial charge is 0.160 e. The van der Waals surface area contributed by atoms with Gasteiger partial charge in [0.25, 0.3) is 0 Å². The quantitative estimate of drug-likeness (QED) is 0.182. The van der Waals surface area contributed by atoms with Gasteiger partial charge in [0.05, 0.1) is 11.4 Å². The predicted molar refractivity (Wildman–Crippen MR) is 189 cm³/mol. The molecule has 0 N–H and O–H groups in total. The molecule has 0 radical (unpaired) electrons. The summed E-state index contributed by atoms with van der Waals surface area (Å²) in [4.78, 5) is 14.6. The Hall–Kier alpha value is -6.37. The standard InChI is InChI=1S/C43H27N3/c1-2-9-30(10-3-1)35-13-6-15-38(26-35)41-28-42(39-16-7-14-36(27-39)40-17-8-24-44-29-40)46-43(45-41)33-21-18-32(19-22-33)37-23-20-31-11-4-5-12-34(31)25-37/h1-2,4-9,11-29H. The van der Waals surface area contributed by atoms with Crippen LogP contribution < -0.4 is 0 Å². The number of benzene rings is 5. The van der Waals surface area contributed by atoms with Crippen molar-refractivity contribution in [3.05, 3.63) is 181 Å². The van der Waals surface area contributed by atoms with Crippen LogP contribution in [0, 0.1) is 0 Å². The van der Waals surface area contributed by atoms with Crippen LogP contribution in [0.15, 0.2) is 176 Å². The van der Waals surface area contributed by atoms with E-state index in [4.69, 9.17) is 9.97 Å². The van der Waals surface area contributed by atoms with Gasteiger partial charge in [-0.25, -0.2) is 9.97 Å². The van der Waals surface area contributed by atoms with E-state index in [-0.39, 0.29) is 0 Å². The normalized spacial score (nSPS) is 12.0. The minimum atomic E-state index is 0.675. The van der Waals surface area contributed by atoms with Crippen LogP contribution in [0.1, 0.15) is 5.56 Å². The lowest BCUT2D eigenvalue weighted by Gasteiger charge is -2.12. The van der Waals surface area contributed by atoms with Crippen molar-refractivity contribution in [2.45, 2.75) is 0 Å². The van der Waals surface area contributed by atoms with Crippen molar-refractivity contribution in [2.24, 2.45) is 0 Å². The monoisotopic (exact) mass is 585 g/mol. The highest BCUT2D eigenvalue weighted by Gasteiger charge is 2.13. The average Bonchev–Trinajstić information content (AvgIpc) is 3.15. The Labute approximate surface area is 267 Å². The van der Waals surface area contributed by atoms with E-state index in [1.807, 2.05) is 30.5 Å². The lowest BCUT2D eigenvalue weighted by atomic mass is 9.98. The summed E-state index contributed by atoms with van der Waals surface area (Å²) in [7, 11) is 0. The summed E-state index contributed by atoms with van der Waals surface area (Å²) in [6.45, 7) is 0. The number of hydrogen-bond acceptors (Lipinski definition) is 3. The average molecular weight is 586 g/mol. The lowest BCUT2D eigenvalue weighted by molar-refractivity contribution is 1.18. The molecule has 3 heteroatoms. The fourth-order valence-electron chi connectivity index (χ4n) is 5.81. The Balaban J connectivity index is 1.23. The van der Waals surface area contributed by atoms with Crippen molar-refractivity contribution in [1.29, 1.82) is 0 Å². The molecule has 46 heavy (non-hydrogen) atoms. The van der Waals surface area contributed by atoms with Gasteiger partial charge in [-0.1, -0.05) is 121 Å². The molecule has 0 atom stereocenters. The summed E-state index contributed by atoms with van der Waals surface area (Å²) in [5.41, 5.74) is 17.5. The second-order valence-electron chi connectivity index (χ2n) is 11.2. The second kappa shape index (κ2) is 12.0.